The third kappa shape index (κ3) is 4.53. The summed E-state index contributed by atoms with van der Waals surface area (Å²) in [6.07, 6.45) is 0.277. The van der Waals surface area contributed by atoms with Crippen molar-refractivity contribution in [3.05, 3.63) is 29.6 Å². The first-order chi connectivity index (χ1) is 8.67. The van der Waals surface area contributed by atoms with E-state index >= 15 is 0 Å². The number of aliphatic hydroxyl groups excluding tert-OH is 1. The van der Waals surface area contributed by atoms with Gasteiger partial charge in [0, 0.05) is 19.2 Å². The van der Waals surface area contributed by atoms with Crippen LogP contribution in [0.15, 0.2) is 18.2 Å². The van der Waals surface area contributed by atoms with E-state index in [2.05, 4.69) is 21.9 Å². The summed E-state index contributed by atoms with van der Waals surface area (Å²) in [5.74, 6) is 4.42. The van der Waals surface area contributed by atoms with Gasteiger partial charge >= 0.3 is 0 Å². The van der Waals surface area contributed by atoms with Gasteiger partial charge in [0.15, 0.2) is 0 Å². The highest BCUT2D eigenvalue weighted by molar-refractivity contribution is 5.91. The first-order valence-electron chi connectivity index (χ1n) is 5.35. The Morgan fingerprint density at radius 1 is 1.56 bits per heavy atom. The fourth-order valence-corrected chi connectivity index (χ4v) is 1.24. The summed E-state index contributed by atoms with van der Waals surface area (Å²) >= 11 is 0. The molecule has 5 heteroatoms. The minimum Gasteiger partial charge on any atom is -0.395 e. The van der Waals surface area contributed by atoms with Gasteiger partial charge in [-0.15, -0.1) is 0 Å². The number of methoxy groups -OCH3 is 1. The Labute approximate surface area is 105 Å². The number of carbonyl (C=O) groups excluding carboxylic acids is 1. The Morgan fingerprint density at radius 3 is 3.00 bits per heavy atom. The monoisotopic (exact) mass is 251 g/mol. The van der Waals surface area contributed by atoms with Crippen molar-refractivity contribution in [1.29, 1.82) is 0 Å². The van der Waals surface area contributed by atoms with Crippen molar-refractivity contribution >= 4 is 11.6 Å². The Kier molecular flexibility index (Phi) is 5.85. The average molecular weight is 251 g/mol. The summed E-state index contributed by atoms with van der Waals surface area (Å²) < 4.78 is 18.0. The highest BCUT2D eigenvalue weighted by atomic mass is 19.1. The third-order valence-corrected chi connectivity index (χ3v) is 1.99. The van der Waals surface area contributed by atoms with Crippen LogP contribution in [0.3, 0.4) is 0 Å². The lowest BCUT2D eigenvalue weighted by Crippen LogP contribution is -2.17. The van der Waals surface area contributed by atoms with E-state index in [-0.39, 0.29) is 31.1 Å². The minimum absolute atomic E-state index is 0.0666. The Morgan fingerprint density at radius 2 is 2.33 bits per heavy atom. The summed E-state index contributed by atoms with van der Waals surface area (Å²) in [5, 5.41) is 11.1. The molecule has 0 aliphatic heterocycles. The summed E-state index contributed by atoms with van der Waals surface area (Å²) in [5.41, 5.74) is 0.630. The fourth-order valence-electron chi connectivity index (χ4n) is 1.24. The Bertz CT molecular complexity index is 477. The zero-order chi connectivity index (χ0) is 13.4. The van der Waals surface area contributed by atoms with Gasteiger partial charge in [0.2, 0.25) is 5.91 Å². The van der Waals surface area contributed by atoms with Crippen molar-refractivity contribution in [2.24, 2.45) is 0 Å². The molecule has 4 nitrogen and oxygen atoms in total. The van der Waals surface area contributed by atoms with E-state index in [0.717, 1.165) is 0 Å². The van der Waals surface area contributed by atoms with E-state index in [0.29, 0.717) is 5.69 Å². The number of aliphatic hydroxyl groups is 1. The van der Waals surface area contributed by atoms with E-state index in [1.165, 1.54) is 25.3 Å². The van der Waals surface area contributed by atoms with E-state index in [1.54, 1.807) is 0 Å². The van der Waals surface area contributed by atoms with Gasteiger partial charge in [-0.05, 0) is 18.2 Å². The standard InChI is InChI=1S/C13H14FNO3/c1-18-9-13(17)15-11-5-6-12(14)10(8-11)4-2-3-7-16/h5-6,8,16H,3,7,9H2,1H3,(H,15,17). The molecule has 0 aromatic heterocycles. The molecule has 18 heavy (non-hydrogen) atoms. The molecule has 0 heterocycles. The second kappa shape index (κ2) is 7.43. The molecule has 1 rings (SSSR count). The van der Waals surface area contributed by atoms with Gasteiger partial charge < -0.3 is 15.2 Å². The molecule has 0 saturated carbocycles. The van der Waals surface area contributed by atoms with Crippen molar-refractivity contribution < 1.29 is 19.0 Å². The van der Waals surface area contributed by atoms with Crippen molar-refractivity contribution in [1.82, 2.24) is 0 Å². The highest BCUT2D eigenvalue weighted by Crippen LogP contribution is 2.13. The van der Waals surface area contributed by atoms with Crippen LogP contribution in [0.4, 0.5) is 10.1 Å². The van der Waals surface area contributed by atoms with E-state index < -0.39 is 5.82 Å². The zero-order valence-corrected chi connectivity index (χ0v) is 10.00. The van der Waals surface area contributed by atoms with Gasteiger partial charge in [0.25, 0.3) is 0 Å². The van der Waals surface area contributed by atoms with Crippen LogP contribution in [0, 0.1) is 17.7 Å². The van der Waals surface area contributed by atoms with Gasteiger partial charge in [-0.25, -0.2) is 4.39 Å². The molecule has 1 aromatic rings. The molecule has 0 unspecified atom stereocenters. The van der Waals surface area contributed by atoms with Crippen molar-refractivity contribution in [2.75, 3.05) is 25.6 Å². The van der Waals surface area contributed by atoms with E-state index in [9.17, 15) is 9.18 Å². The van der Waals surface area contributed by atoms with Crippen LogP contribution in [0.25, 0.3) is 0 Å². The molecule has 1 amide bonds. The fraction of sp³-hybridized carbons (Fsp3) is 0.308. The molecular weight excluding hydrogens is 237 g/mol. The second-order valence-electron chi connectivity index (χ2n) is 3.45. The molecule has 0 atom stereocenters. The number of anilines is 1. The molecule has 0 bridgehead atoms. The number of carbonyl (C=O) groups is 1. The predicted octanol–water partition coefficient (Wildman–Crippen LogP) is 1.14. The molecule has 0 radical (unpaired) electrons. The maximum absolute atomic E-state index is 13.4. The molecule has 0 aliphatic rings. The number of nitrogens with one attached hydrogen (secondary N) is 1. The van der Waals surface area contributed by atoms with Crippen LogP contribution >= 0.6 is 0 Å². The molecule has 0 spiro atoms. The summed E-state index contributed by atoms with van der Waals surface area (Å²) in [4.78, 5) is 11.3. The van der Waals surface area contributed by atoms with Crippen LogP contribution in [-0.2, 0) is 9.53 Å². The molecule has 0 saturated heterocycles. The maximum Gasteiger partial charge on any atom is 0.250 e. The first-order valence-corrected chi connectivity index (χ1v) is 5.35. The Balaban J connectivity index is 2.81. The van der Waals surface area contributed by atoms with Gasteiger partial charge in [0.1, 0.15) is 12.4 Å². The average Bonchev–Trinajstić information content (AvgIpc) is 2.34. The number of rotatable bonds is 4. The lowest BCUT2D eigenvalue weighted by Gasteiger charge is -2.05. The van der Waals surface area contributed by atoms with Crippen LogP contribution < -0.4 is 5.32 Å². The first kappa shape index (κ1) is 14.2. The van der Waals surface area contributed by atoms with Gasteiger partial charge in [-0.2, -0.15) is 0 Å². The lowest BCUT2D eigenvalue weighted by atomic mass is 10.2. The third-order valence-electron chi connectivity index (χ3n) is 1.99. The topological polar surface area (TPSA) is 58.6 Å². The van der Waals surface area contributed by atoms with Crippen molar-refractivity contribution in [2.45, 2.75) is 6.42 Å². The highest BCUT2D eigenvalue weighted by Gasteiger charge is 2.04. The van der Waals surface area contributed by atoms with Crippen molar-refractivity contribution in [3.8, 4) is 11.8 Å². The maximum atomic E-state index is 13.4. The quantitative estimate of drug-likeness (QED) is 0.789. The molecule has 96 valence electrons. The zero-order valence-electron chi connectivity index (χ0n) is 10.00. The van der Waals surface area contributed by atoms with Crippen LogP contribution in [0.2, 0.25) is 0 Å². The van der Waals surface area contributed by atoms with Crippen molar-refractivity contribution in [3.63, 3.8) is 0 Å². The van der Waals surface area contributed by atoms with Gasteiger partial charge in [-0.1, -0.05) is 11.8 Å². The van der Waals surface area contributed by atoms with Crippen LogP contribution in [-0.4, -0.2) is 31.3 Å². The number of ether oxygens (including phenoxy) is 1. The Hall–Kier alpha value is -1.90. The number of benzene rings is 1. The minimum atomic E-state index is -0.467. The molecule has 0 aliphatic carbocycles. The van der Waals surface area contributed by atoms with Crippen LogP contribution in [0.1, 0.15) is 12.0 Å². The normalized spacial score (nSPS) is 9.50. The largest absolute Gasteiger partial charge is 0.395 e. The van der Waals surface area contributed by atoms with Crippen LogP contribution in [0.5, 0.6) is 0 Å². The molecule has 0 fully saturated rings. The number of halogens is 1. The van der Waals surface area contributed by atoms with Gasteiger partial charge in [0.05, 0.1) is 12.2 Å². The lowest BCUT2D eigenvalue weighted by molar-refractivity contribution is -0.119. The number of hydrogen-bond acceptors (Lipinski definition) is 3. The van der Waals surface area contributed by atoms with Gasteiger partial charge in [-0.3, -0.25) is 4.79 Å². The molecular formula is C13H14FNO3. The van der Waals surface area contributed by atoms with E-state index in [4.69, 9.17) is 5.11 Å². The predicted molar refractivity (Wildman–Crippen MR) is 65.5 cm³/mol. The number of amides is 1. The number of hydrogen-bond donors (Lipinski definition) is 2. The summed E-state index contributed by atoms with van der Waals surface area (Å²) in [6, 6.07) is 4.11. The summed E-state index contributed by atoms with van der Waals surface area (Å²) in [6.45, 7) is -0.137. The second-order valence-corrected chi connectivity index (χ2v) is 3.45. The van der Waals surface area contributed by atoms with E-state index in [1.807, 2.05) is 0 Å². The molecule has 2 N–H and O–H groups in total. The smallest absolute Gasteiger partial charge is 0.250 e. The summed E-state index contributed by atoms with van der Waals surface area (Å²) in [7, 11) is 1.41. The SMILES string of the molecule is COCC(=O)Nc1ccc(F)c(C#CCCO)c1. The molecule has 1 aromatic carbocycles.